The Balaban J connectivity index is 1.58. The lowest BCUT2D eigenvalue weighted by molar-refractivity contribution is -0.114. The van der Waals surface area contributed by atoms with Gasteiger partial charge < -0.3 is 25.4 Å². The molecule has 32 heavy (non-hydrogen) atoms. The number of carbonyl (C=O) groups excluding carboxylic acids is 2. The smallest absolute Gasteiger partial charge is 0.255 e. The van der Waals surface area contributed by atoms with Crippen LogP contribution in [-0.4, -0.2) is 32.6 Å². The molecule has 0 saturated carbocycles. The zero-order chi connectivity index (χ0) is 23.1. The van der Waals surface area contributed by atoms with Gasteiger partial charge in [0, 0.05) is 22.3 Å². The zero-order valence-corrected chi connectivity index (χ0v) is 18.7. The van der Waals surface area contributed by atoms with Gasteiger partial charge in [0.15, 0.2) is 0 Å². The molecule has 0 saturated heterocycles. The maximum absolute atomic E-state index is 12.5. The SMILES string of the molecule is COc1cc(Cl)c(C)cc1NCC(=O)Nc1ccc(C(=O)Nc2ccccc2OC)cc1. The van der Waals surface area contributed by atoms with Crippen molar-refractivity contribution in [2.45, 2.75) is 6.92 Å². The topological polar surface area (TPSA) is 88.7 Å². The van der Waals surface area contributed by atoms with Crippen LogP contribution in [0, 0.1) is 6.92 Å². The number of nitrogens with one attached hydrogen (secondary N) is 3. The van der Waals surface area contributed by atoms with E-state index in [1.807, 2.05) is 25.1 Å². The van der Waals surface area contributed by atoms with E-state index in [0.29, 0.717) is 39.1 Å². The Bertz CT molecular complexity index is 1120. The number of ether oxygens (including phenoxy) is 2. The summed E-state index contributed by atoms with van der Waals surface area (Å²) in [6.07, 6.45) is 0. The van der Waals surface area contributed by atoms with Crippen LogP contribution in [0.4, 0.5) is 17.1 Å². The fraction of sp³-hybridized carbons (Fsp3) is 0.167. The molecular weight excluding hydrogens is 430 g/mol. The maximum Gasteiger partial charge on any atom is 0.255 e. The maximum atomic E-state index is 12.5. The number of hydrogen-bond donors (Lipinski definition) is 3. The predicted octanol–water partition coefficient (Wildman–Crippen LogP) is 4.97. The van der Waals surface area contributed by atoms with Crippen molar-refractivity contribution in [3.63, 3.8) is 0 Å². The highest BCUT2D eigenvalue weighted by Crippen LogP contribution is 2.30. The number of methoxy groups -OCH3 is 2. The van der Waals surface area contributed by atoms with E-state index >= 15 is 0 Å². The van der Waals surface area contributed by atoms with Crippen LogP contribution in [0.2, 0.25) is 5.02 Å². The average molecular weight is 454 g/mol. The lowest BCUT2D eigenvalue weighted by Gasteiger charge is -2.13. The first-order valence-corrected chi connectivity index (χ1v) is 10.2. The molecule has 0 spiro atoms. The van der Waals surface area contributed by atoms with Crippen LogP contribution in [0.25, 0.3) is 0 Å². The number of para-hydroxylation sites is 2. The van der Waals surface area contributed by atoms with E-state index < -0.39 is 0 Å². The highest BCUT2D eigenvalue weighted by atomic mass is 35.5. The van der Waals surface area contributed by atoms with Gasteiger partial charge in [0.05, 0.1) is 32.1 Å². The summed E-state index contributed by atoms with van der Waals surface area (Å²) in [4.78, 5) is 24.8. The molecule has 3 rings (SSSR count). The molecule has 0 unspecified atom stereocenters. The summed E-state index contributed by atoms with van der Waals surface area (Å²) >= 11 is 6.11. The van der Waals surface area contributed by atoms with Gasteiger partial charge in [-0.25, -0.2) is 0 Å². The van der Waals surface area contributed by atoms with Gasteiger partial charge in [-0.3, -0.25) is 9.59 Å². The van der Waals surface area contributed by atoms with E-state index in [1.165, 1.54) is 7.11 Å². The minimum absolute atomic E-state index is 0.0352. The van der Waals surface area contributed by atoms with Crippen molar-refractivity contribution in [3.05, 3.63) is 76.8 Å². The number of halogens is 1. The normalized spacial score (nSPS) is 10.2. The molecule has 0 radical (unpaired) electrons. The average Bonchev–Trinajstić information content (AvgIpc) is 2.80. The zero-order valence-electron chi connectivity index (χ0n) is 18.0. The van der Waals surface area contributed by atoms with Gasteiger partial charge in [-0.15, -0.1) is 0 Å². The molecule has 3 N–H and O–H groups in total. The second kappa shape index (κ2) is 10.5. The summed E-state index contributed by atoms with van der Waals surface area (Å²) < 4.78 is 10.5. The van der Waals surface area contributed by atoms with Gasteiger partial charge in [0.1, 0.15) is 11.5 Å². The molecule has 0 aliphatic heterocycles. The van der Waals surface area contributed by atoms with Crippen LogP contribution in [0.1, 0.15) is 15.9 Å². The monoisotopic (exact) mass is 453 g/mol. The van der Waals surface area contributed by atoms with E-state index in [-0.39, 0.29) is 18.4 Å². The van der Waals surface area contributed by atoms with Crippen LogP contribution >= 0.6 is 11.6 Å². The summed E-state index contributed by atoms with van der Waals surface area (Å²) in [5.74, 6) is 0.605. The molecule has 8 heteroatoms. The third kappa shape index (κ3) is 5.70. The van der Waals surface area contributed by atoms with Gasteiger partial charge in [0.2, 0.25) is 5.91 Å². The van der Waals surface area contributed by atoms with Crippen molar-refractivity contribution < 1.29 is 19.1 Å². The highest BCUT2D eigenvalue weighted by Gasteiger charge is 2.11. The quantitative estimate of drug-likeness (QED) is 0.448. The Morgan fingerprint density at radius 3 is 2.25 bits per heavy atom. The van der Waals surface area contributed by atoms with Gasteiger partial charge in [-0.2, -0.15) is 0 Å². The molecule has 0 fully saturated rings. The number of benzene rings is 3. The van der Waals surface area contributed by atoms with Crippen LogP contribution < -0.4 is 25.4 Å². The standard InChI is InChI=1S/C24H24ClN3O4/c1-15-12-20(22(32-3)13-18(15)25)26-14-23(29)27-17-10-8-16(9-11-17)24(30)28-19-6-4-5-7-21(19)31-2/h4-13,26H,14H2,1-3H3,(H,27,29)(H,28,30). The predicted molar refractivity (Wildman–Crippen MR) is 127 cm³/mol. The first-order chi connectivity index (χ1) is 15.4. The van der Waals surface area contributed by atoms with Gasteiger partial charge in [-0.05, 0) is 55.0 Å². The Hall–Kier alpha value is -3.71. The highest BCUT2D eigenvalue weighted by molar-refractivity contribution is 6.31. The van der Waals surface area contributed by atoms with Crippen LogP contribution in [0.5, 0.6) is 11.5 Å². The Morgan fingerprint density at radius 2 is 1.56 bits per heavy atom. The van der Waals surface area contributed by atoms with Gasteiger partial charge in [0.25, 0.3) is 5.91 Å². The molecule has 3 aromatic rings. The third-order valence-corrected chi connectivity index (χ3v) is 5.11. The minimum Gasteiger partial charge on any atom is -0.495 e. The van der Waals surface area contributed by atoms with E-state index in [9.17, 15) is 9.59 Å². The molecule has 0 aromatic heterocycles. The number of rotatable bonds is 8. The van der Waals surface area contributed by atoms with Crippen molar-refractivity contribution in [2.24, 2.45) is 0 Å². The van der Waals surface area contributed by atoms with Gasteiger partial charge >= 0.3 is 0 Å². The summed E-state index contributed by atoms with van der Waals surface area (Å²) in [5, 5.41) is 9.24. The summed E-state index contributed by atoms with van der Waals surface area (Å²) in [7, 11) is 3.08. The van der Waals surface area contributed by atoms with Crippen LogP contribution in [-0.2, 0) is 4.79 Å². The lowest BCUT2D eigenvalue weighted by Crippen LogP contribution is -2.22. The summed E-state index contributed by atoms with van der Waals surface area (Å²) in [6, 6.07) is 17.3. The third-order valence-electron chi connectivity index (χ3n) is 4.71. The van der Waals surface area contributed by atoms with E-state index in [0.717, 1.165) is 5.56 Å². The largest absolute Gasteiger partial charge is 0.495 e. The minimum atomic E-state index is -0.278. The Kier molecular flexibility index (Phi) is 7.57. The molecular formula is C24H24ClN3O4. The number of carbonyl (C=O) groups is 2. The first kappa shape index (κ1) is 23.0. The van der Waals surface area contributed by atoms with E-state index in [1.54, 1.807) is 49.6 Å². The van der Waals surface area contributed by atoms with Crippen molar-refractivity contribution in [3.8, 4) is 11.5 Å². The van der Waals surface area contributed by atoms with Crippen LogP contribution in [0.3, 0.4) is 0 Å². The van der Waals surface area contributed by atoms with Crippen LogP contribution in [0.15, 0.2) is 60.7 Å². The lowest BCUT2D eigenvalue weighted by atomic mass is 10.2. The molecule has 3 aromatic carbocycles. The van der Waals surface area contributed by atoms with Crippen molar-refractivity contribution >= 4 is 40.5 Å². The summed E-state index contributed by atoms with van der Waals surface area (Å²) in [5.41, 5.74) is 3.15. The number of hydrogen-bond acceptors (Lipinski definition) is 5. The number of aryl methyl sites for hydroxylation is 1. The van der Waals surface area contributed by atoms with Crippen molar-refractivity contribution in [2.75, 3.05) is 36.7 Å². The molecule has 0 aliphatic carbocycles. The molecule has 0 heterocycles. The molecule has 0 bridgehead atoms. The van der Waals surface area contributed by atoms with E-state index in [4.69, 9.17) is 21.1 Å². The Morgan fingerprint density at radius 1 is 0.875 bits per heavy atom. The second-order valence-electron chi connectivity index (χ2n) is 6.94. The fourth-order valence-electron chi connectivity index (χ4n) is 3.00. The van der Waals surface area contributed by atoms with Crippen molar-refractivity contribution in [1.29, 1.82) is 0 Å². The number of amides is 2. The second-order valence-corrected chi connectivity index (χ2v) is 7.34. The summed E-state index contributed by atoms with van der Waals surface area (Å²) in [6.45, 7) is 1.91. The van der Waals surface area contributed by atoms with Gasteiger partial charge in [-0.1, -0.05) is 23.7 Å². The fourth-order valence-corrected chi connectivity index (χ4v) is 3.15. The molecule has 2 amide bonds. The number of anilines is 3. The van der Waals surface area contributed by atoms with E-state index in [2.05, 4.69) is 16.0 Å². The molecule has 0 aliphatic rings. The first-order valence-electron chi connectivity index (χ1n) is 9.83. The van der Waals surface area contributed by atoms with Crippen molar-refractivity contribution in [1.82, 2.24) is 0 Å². The Labute approximate surface area is 191 Å². The molecule has 166 valence electrons. The molecule has 7 nitrogen and oxygen atoms in total. The molecule has 0 atom stereocenters.